The third-order valence-electron chi connectivity index (χ3n) is 5.70. The van der Waals surface area contributed by atoms with E-state index in [1.807, 2.05) is 62.4 Å². The molecule has 2 unspecified atom stereocenters. The number of carbonyl (C=O) groups excluding carboxylic acids is 4. The fourth-order valence-corrected chi connectivity index (χ4v) is 4.09. The van der Waals surface area contributed by atoms with Crippen LogP contribution in [0, 0.1) is 13.8 Å². The maximum atomic E-state index is 13.8. The monoisotopic (exact) mass is 510 g/mol. The largest absolute Gasteiger partial charge is 0.444 e. The van der Waals surface area contributed by atoms with Gasteiger partial charge in [-0.3, -0.25) is 14.4 Å². The molecule has 4 N–H and O–H groups in total. The number of benzene rings is 2. The molecule has 0 heterocycles. The number of primary amides is 1. The number of nitrogens with two attached hydrogens (primary N) is 1. The highest BCUT2D eigenvalue weighted by Crippen LogP contribution is 2.29. The number of ether oxygens (including phenoxy) is 1. The summed E-state index contributed by atoms with van der Waals surface area (Å²) in [6.07, 6.45) is -1.31. The summed E-state index contributed by atoms with van der Waals surface area (Å²) in [4.78, 5) is 53.1. The summed E-state index contributed by atoms with van der Waals surface area (Å²) in [7, 11) is 0. The summed E-state index contributed by atoms with van der Waals surface area (Å²) in [6.45, 7) is 10.9. The number of alkyl carbamates (subject to hydrolysis) is 1. The van der Waals surface area contributed by atoms with Crippen molar-refractivity contribution in [1.82, 2.24) is 15.5 Å². The van der Waals surface area contributed by atoms with Crippen LogP contribution in [0.2, 0.25) is 0 Å². The summed E-state index contributed by atoms with van der Waals surface area (Å²) in [5.41, 5.74) is 7.84. The summed E-state index contributed by atoms with van der Waals surface area (Å²) < 4.78 is 5.28. The topological polar surface area (TPSA) is 131 Å². The van der Waals surface area contributed by atoms with Crippen LogP contribution in [0.1, 0.15) is 62.4 Å². The Kier molecular flexibility index (Phi) is 10.2. The van der Waals surface area contributed by atoms with Gasteiger partial charge in [0.05, 0.1) is 6.42 Å². The molecule has 0 spiro atoms. The quantitative estimate of drug-likeness (QED) is 0.452. The molecule has 2 aromatic rings. The highest BCUT2D eigenvalue weighted by Gasteiger charge is 2.37. The first-order valence-electron chi connectivity index (χ1n) is 12.3. The lowest BCUT2D eigenvalue weighted by molar-refractivity contribution is -0.143. The zero-order chi connectivity index (χ0) is 27.8. The number of hydrogen-bond donors (Lipinski definition) is 3. The molecule has 200 valence electrons. The molecule has 0 aliphatic heterocycles. The smallest absolute Gasteiger partial charge is 0.408 e. The van der Waals surface area contributed by atoms with E-state index in [2.05, 4.69) is 10.6 Å². The molecule has 4 amide bonds. The van der Waals surface area contributed by atoms with Crippen molar-refractivity contribution in [2.75, 3.05) is 6.54 Å². The van der Waals surface area contributed by atoms with Crippen LogP contribution in [-0.2, 0) is 25.7 Å². The van der Waals surface area contributed by atoms with E-state index in [0.29, 0.717) is 5.56 Å². The van der Waals surface area contributed by atoms with Crippen LogP contribution < -0.4 is 16.4 Å². The predicted molar refractivity (Wildman–Crippen MR) is 141 cm³/mol. The fourth-order valence-electron chi connectivity index (χ4n) is 4.09. The number of likely N-dealkylation sites (N-methyl/N-ethyl adjacent to an activating group) is 1. The van der Waals surface area contributed by atoms with Crippen molar-refractivity contribution in [3.05, 3.63) is 70.8 Å². The Balaban J connectivity index is 2.45. The van der Waals surface area contributed by atoms with E-state index in [9.17, 15) is 19.2 Å². The third kappa shape index (κ3) is 8.63. The Morgan fingerprint density at radius 1 is 0.973 bits per heavy atom. The maximum absolute atomic E-state index is 13.8. The molecule has 0 saturated carbocycles. The standard InChI is InChI=1S/C28H38N4O5/c1-7-32(26(35)21(16-22(29)33)31-27(36)37-28(4,5)6)24(23-18(2)12-11-13-19(23)3)25(34)30-17-20-14-9-8-10-15-20/h8-15,21,24H,7,16-17H2,1-6H3,(H2,29,33)(H,30,34)(H,31,36). The molecule has 0 bridgehead atoms. The molecule has 2 rings (SSSR count). The molecule has 9 heteroatoms. The first-order chi connectivity index (χ1) is 17.3. The van der Waals surface area contributed by atoms with Gasteiger partial charge in [0.25, 0.3) is 0 Å². The van der Waals surface area contributed by atoms with E-state index in [1.54, 1.807) is 27.7 Å². The maximum Gasteiger partial charge on any atom is 0.408 e. The van der Waals surface area contributed by atoms with Gasteiger partial charge in [0.15, 0.2) is 0 Å². The average molecular weight is 511 g/mol. The normalized spacial score (nSPS) is 12.7. The van der Waals surface area contributed by atoms with Gasteiger partial charge in [-0.2, -0.15) is 0 Å². The first-order valence-corrected chi connectivity index (χ1v) is 12.3. The predicted octanol–water partition coefficient (Wildman–Crippen LogP) is 3.28. The average Bonchev–Trinajstić information content (AvgIpc) is 2.80. The Bertz CT molecular complexity index is 1090. The van der Waals surface area contributed by atoms with E-state index in [0.717, 1.165) is 16.7 Å². The van der Waals surface area contributed by atoms with Gasteiger partial charge in [0.1, 0.15) is 17.7 Å². The Morgan fingerprint density at radius 2 is 1.57 bits per heavy atom. The molecule has 0 radical (unpaired) electrons. The molecule has 2 atom stereocenters. The lowest BCUT2D eigenvalue weighted by Crippen LogP contribution is -2.54. The van der Waals surface area contributed by atoms with Gasteiger partial charge in [-0.25, -0.2) is 4.79 Å². The van der Waals surface area contributed by atoms with E-state index in [4.69, 9.17) is 10.5 Å². The second kappa shape index (κ2) is 12.9. The molecule has 2 aromatic carbocycles. The Labute approximate surface area is 218 Å². The fraction of sp³-hybridized carbons (Fsp3) is 0.429. The Hall–Kier alpha value is -3.88. The minimum atomic E-state index is -1.30. The lowest BCUT2D eigenvalue weighted by Gasteiger charge is -2.34. The number of carbonyl (C=O) groups is 4. The molecular weight excluding hydrogens is 472 g/mol. The summed E-state index contributed by atoms with van der Waals surface area (Å²) in [5.74, 6) is -1.77. The van der Waals surface area contributed by atoms with Crippen molar-refractivity contribution >= 4 is 23.8 Å². The van der Waals surface area contributed by atoms with E-state index < -0.39 is 42.0 Å². The van der Waals surface area contributed by atoms with Gasteiger partial charge in [0.2, 0.25) is 17.7 Å². The highest BCUT2D eigenvalue weighted by atomic mass is 16.6. The van der Waals surface area contributed by atoms with Gasteiger partial charge < -0.3 is 26.0 Å². The molecule has 0 fully saturated rings. The second-order valence-corrected chi connectivity index (χ2v) is 9.90. The van der Waals surface area contributed by atoms with Crippen molar-refractivity contribution in [2.45, 2.75) is 72.2 Å². The minimum absolute atomic E-state index is 0.140. The number of nitrogens with zero attached hydrogens (tertiary/aromatic N) is 1. The van der Waals surface area contributed by atoms with Crippen LogP contribution in [-0.4, -0.2) is 46.9 Å². The molecule has 0 aromatic heterocycles. The highest BCUT2D eigenvalue weighted by molar-refractivity contribution is 5.94. The number of hydrogen-bond acceptors (Lipinski definition) is 5. The van der Waals surface area contributed by atoms with Gasteiger partial charge in [-0.05, 0) is 63.8 Å². The summed E-state index contributed by atoms with van der Waals surface area (Å²) >= 11 is 0. The van der Waals surface area contributed by atoms with Gasteiger partial charge in [-0.1, -0.05) is 48.5 Å². The van der Waals surface area contributed by atoms with Crippen LogP contribution in [0.25, 0.3) is 0 Å². The first kappa shape index (κ1) is 29.4. The van der Waals surface area contributed by atoms with Gasteiger partial charge >= 0.3 is 6.09 Å². The summed E-state index contributed by atoms with van der Waals surface area (Å²) in [6, 6.07) is 12.8. The van der Waals surface area contributed by atoms with Gasteiger partial charge in [-0.15, -0.1) is 0 Å². The van der Waals surface area contributed by atoms with Gasteiger partial charge in [0, 0.05) is 13.1 Å². The number of aryl methyl sites for hydroxylation is 2. The van der Waals surface area contributed by atoms with E-state index in [-0.39, 0.29) is 19.0 Å². The molecule has 0 aliphatic carbocycles. The SMILES string of the molecule is CCN(C(=O)C(CC(N)=O)NC(=O)OC(C)(C)C)C(C(=O)NCc1ccccc1)c1c(C)cccc1C. The Morgan fingerprint density at radius 3 is 2.08 bits per heavy atom. The third-order valence-corrected chi connectivity index (χ3v) is 5.70. The van der Waals surface area contributed by atoms with Crippen LogP contribution >= 0.6 is 0 Å². The van der Waals surface area contributed by atoms with Crippen molar-refractivity contribution in [2.24, 2.45) is 5.73 Å². The number of amides is 4. The van der Waals surface area contributed by atoms with Crippen LogP contribution in [0.3, 0.4) is 0 Å². The van der Waals surface area contributed by atoms with Crippen LogP contribution in [0.4, 0.5) is 4.79 Å². The van der Waals surface area contributed by atoms with Crippen LogP contribution in [0.15, 0.2) is 48.5 Å². The van der Waals surface area contributed by atoms with Crippen LogP contribution in [0.5, 0.6) is 0 Å². The minimum Gasteiger partial charge on any atom is -0.444 e. The molecule has 0 saturated heterocycles. The number of nitrogens with one attached hydrogen (secondary N) is 2. The molecular formula is C28H38N4O5. The van der Waals surface area contributed by atoms with Crippen molar-refractivity contribution in [1.29, 1.82) is 0 Å². The van der Waals surface area contributed by atoms with E-state index >= 15 is 0 Å². The summed E-state index contributed by atoms with van der Waals surface area (Å²) in [5, 5.41) is 5.40. The van der Waals surface area contributed by atoms with Crippen molar-refractivity contribution in [3.8, 4) is 0 Å². The molecule has 9 nitrogen and oxygen atoms in total. The molecule has 0 aliphatic rings. The van der Waals surface area contributed by atoms with Crippen molar-refractivity contribution in [3.63, 3.8) is 0 Å². The van der Waals surface area contributed by atoms with Crippen molar-refractivity contribution < 1.29 is 23.9 Å². The number of rotatable bonds is 10. The van der Waals surface area contributed by atoms with E-state index in [1.165, 1.54) is 4.90 Å². The zero-order valence-electron chi connectivity index (χ0n) is 22.5. The molecule has 37 heavy (non-hydrogen) atoms. The lowest BCUT2D eigenvalue weighted by atomic mass is 9.93. The second-order valence-electron chi connectivity index (χ2n) is 9.90. The zero-order valence-corrected chi connectivity index (χ0v) is 22.5.